The Morgan fingerprint density at radius 2 is 2.00 bits per heavy atom. The molecule has 0 aliphatic carbocycles. The first-order chi connectivity index (χ1) is 14.0. The number of methoxy groups -OCH3 is 1. The van der Waals surface area contributed by atoms with Gasteiger partial charge in [0.15, 0.2) is 0 Å². The Balaban J connectivity index is 1.46. The van der Waals surface area contributed by atoms with Crippen LogP contribution in [-0.4, -0.2) is 38.2 Å². The Labute approximate surface area is 169 Å². The number of piperidine rings is 1. The van der Waals surface area contributed by atoms with E-state index >= 15 is 0 Å². The second kappa shape index (κ2) is 10.0. The number of amides is 2. The lowest BCUT2D eigenvalue weighted by Crippen LogP contribution is -2.47. The number of anilines is 1. The minimum Gasteiger partial charge on any atom is -0.465 e. The normalized spacial score (nSPS) is 18.7. The second-order valence-electron chi connectivity index (χ2n) is 7.28. The van der Waals surface area contributed by atoms with Crippen molar-refractivity contribution in [1.29, 1.82) is 0 Å². The summed E-state index contributed by atoms with van der Waals surface area (Å²) in [5.41, 5.74) is 2.03. The first kappa shape index (κ1) is 20.8. The SMILES string of the molecule is COC(=O)c1cccc(NC(=O)NC[C@@H]2C[C@H](Cc3ccc(F)cc3)CCN2)c1. The van der Waals surface area contributed by atoms with Crippen LogP contribution < -0.4 is 16.0 Å². The van der Waals surface area contributed by atoms with Crippen molar-refractivity contribution < 1.29 is 18.7 Å². The van der Waals surface area contributed by atoms with Crippen LogP contribution in [0.4, 0.5) is 14.9 Å². The fraction of sp³-hybridized carbons (Fsp3) is 0.364. The Kier molecular flexibility index (Phi) is 7.19. The van der Waals surface area contributed by atoms with E-state index in [0.29, 0.717) is 23.7 Å². The highest BCUT2D eigenvalue weighted by molar-refractivity contribution is 5.93. The lowest BCUT2D eigenvalue weighted by molar-refractivity contribution is 0.0600. The van der Waals surface area contributed by atoms with E-state index in [1.165, 1.54) is 19.2 Å². The molecular weight excluding hydrogens is 373 g/mol. The summed E-state index contributed by atoms with van der Waals surface area (Å²) >= 11 is 0. The summed E-state index contributed by atoms with van der Waals surface area (Å²) in [5.74, 6) is -0.176. The van der Waals surface area contributed by atoms with Crippen LogP contribution in [-0.2, 0) is 11.2 Å². The molecule has 1 aliphatic heterocycles. The average Bonchev–Trinajstić information content (AvgIpc) is 2.74. The van der Waals surface area contributed by atoms with Crippen molar-refractivity contribution in [3.63, 3.8) is 0 Å². The summed E-state index contributed by atoms with van der Waals surface area (Å²) in [6.07, 6.45) is 2.90. The molecule has 0 radical (unpaired) electrons. The summed E-state index contributed by atoms with van der Waals surface area (Å²) < 4.78 is 17.7. The van der Waals surface area contributed by atoms with E-state index in [0.717, 1.165) is 31.4 Å². The zero-order valence-electron chi connectivity index (χ0n) is 16.4. The van der Waals surface area contributed by atoms with Crippen molar-refractivity contribution in [3.05, 3.63) is 65.5 Å². The predicted octanol–water partition coefficient (Wildman–Crippen LogP) is 3.34. The van der Waals surface area contributed by atoms with Crippen LogP contribution in [0.5, 0.6) is 0 Å². The van der Waals surface area contributed by atoms with Crippen LogP contribution in [0.1, 0.15) is 28.8 Å². The Bertz CT molecular complexity index is 841. The second-order valence-corrected chi connectivity index (χ2v) is 7.28. The zero-order valence-corrected chi connectivity index (χ0v) is 16.4. The van der Waals surface area contributed by atoms with Crippen LogP contribution in [0.3, 0.4) is 0 Å². The smallest absolute Gasteiger partial charge is 0.337 e. The van der Waals surface area contributed by atoms with Crippen molar-refractivity contribution in [2.24, 2.45) is 5.92 Å². The van der Waals surface area contributed by atoms with Gasteiger partial charge in [-0.1, -0.05) is 18.2 Å². The van der Waals surface area contributed by atoms with Gasteiger partial charge >= 0.3 is 12.0 Å². The summed E-state index contributed by atoms with van der Waals surface area (Å²) in [6.45, 7) is 1.39. The van der Waals surface area contributed by atoms with Gasteiger partial charge in [-0.05, 0) is 67.6 Å². The molecule has 2 atom stereocenters. The maximum Gasteiger partial charge on any atom is 0.337 e. The number of hydrogen-bond donors (Lipinski definition) is 3. The molecule has 29 heavy (non-hydrogen) atoms. The van der Waals surface area contributed by atoms with Crippen LogP contribution in [0.25, 0.3) is 0 Å². The number of hydrogen-bond acceptors (Lipinski definition) is 4. The summed E-state index contributed by atoms with van der Waals surface area (Å²) in [5, 5.41) is 9.04. The van der Waals surface area contributed by atoms with Crippen LogP contribution >= 0.6 is 0 Å². The van der Waals surface area contributed by atoms with Crippen LogP contribution in [0, 0.1) is 11.7 Å². The first-order valence-corrected chi connectivity index (χ1v) is 9.74. The molecular formula is C22H26FN3O3. The van der Waals surface area contributed by atoms with Crippen molar-refractivity contribution in [2.75, 3.05) is 25.5 Å². The molecule has 0 unspecified atom stereocenters. The number of benzene rings is 2. The number of rotatable bonds is 6. The molecule has 3 N–H and O–H groups in total. The van der Waals surface area contributed by atoms with E-state index in [1.807, 2.05) is 12.1 Å². The topological polar surface area (TPSA) is 79.5 Å². The van der Waals surface area contributed by atoms with Crippen molar-refractivity contribution >= 4 is 17.7 Å². The molecule has 2 aromatic rings. The lowest BCUT2D eigenvalue weighted by Gasteiger charge is -2.30. The number of carbonyl (C=O) groups excluding carboxylic acids is 2. The molecule has 7 heteroatoms. The van der Waals surface area contributed by atoms with E-state index in [1.54, 1.807) is 24.3 Å². The Hall–Kier alpha value is -2.93. The van der Waals surface area contributed by atoms with E-state index in [2.05, 4.69) is 20.7 Å². The molecule has 0 bridgehead atoms. The quantitative estimate of drug-likeness (QED) is 0.651. The predicted molar refractivity (Wildman–Crippen MR) is 109 cm³/mol. The molecule has 2 aromatic carbocycles. The van der Waals surface area contributed by atoms with Crippen molar-refractivity contribution in [2.45, 2.75) is 25.3 Å². The molecule has 0 saturated carbocycles. The number of nitrogens with one attached hydrogen (secondary N) is 3. The van der Waals surface area contributed by atoms with E-state index in [9.17, 15) is 14.0 Å². The van der Waals surface area contributed by atoms with Gasteiger partial charge in [0.1, 0.15) is 5.82 Å². The number of ether oxygens (including phenoxy) is 1. The molecule has 1 aliphatic rings. The lowest BCUT2D eigenvalue weighted by atomic mass is 9.87. The summed E-state index contributed by atoms with van der Waals surface area (Å²) in [4.78, 5) is 23.8. The third kappa shape index (κ3) is 6.29. The summed E-state index contributed by atoms with van der Waals surface area (Å²) in [7, 11) is 1.32. The van der Waals surface area contributed by atoms with E-state index < -0.39 is 5.97 Å². The molecule has 2 amide bonds. The highest BCUT2D eigenvalue weighted by Gasteiger charge is 2.22. The van der Waals surface area contributed by atoms with Crippen molar-refractivity contribution in [1.82, 2.24) is 10.6 Å². The Morgan fingerprint density at radius 3 is 2.76 bits per heavy atom. The summed E-state index contributed by atoms with van der Waals surface area (Å²) in [6, 6.07) is 13.1. The van der Waals surface area contributed by atoms with E-state index in [-0.39, 0.29) is 17.9 Å². The maximum absolute atomic E-state index is 13.1. The minimum absolute atomic E-state index is 0.182. The molecule has 154 valence electrons. The molecule has 3 rings (SSSR count). The van der Waals surface area contributed by atoms with Gasteiger partial charge in [-0.2, -0.15) is 0 Å². The maximum atomic E-state index is 13.1. The fourth-order valence-corrected chi connectivity index (χ4v) is 3.62. The fourth-order valence-electron chi connectivity index (χ4n) is 3.62. The van der Waals surface area contributed by atoms with E-state index in [4.69, 9.17) is 0 Å². The van der Waals surface area contributed by atoms with Crippen LogP contribution in [0.15, 0.2) is 48.5 Å². The van der Waals surface area contributed by atoms with Gasteiger partial charge in [-0.3, -0.25) is 0 Å². The number of esters is 1. The third-order valence-electron chi connectivity index (χ3n) is 5.09. The average molecular weight is 399 g/mol. The first-order valence-electron chi connectivity index (χ1n) is 9.74. The van der Waals surface area contributed by atoms with Crippen LogP contribution in [0.2, 0.25) is 0 Å². The number of urea groups is 1. The molecule has 0 aromatic heterocycles. The largest absolute Gasteiger partial charge is 0.465 e. The standard InChI is InChI=1S/C22H26FN3O3/c1-29-21(27)17-3-2-4-19(13-17)26-22(28)25-14-20-12-16(9-10-24-20)11-15-5-7-18(23)8-6-15/h2-8,13,16,20,24H,9-12,14H2,1H3,(H2,25,26,28)/t16-,20-/m0/s1. The van der Waals surface area contributed by atoms with Gasteiger partial charge < -0.3 is 20.7 Å². The third-order valence-corrected chi connectivity index (χ3v) is 5.09. The highest BCUT2D eigenvalue weighted by Crippen LogP contribution is 2.21. The van der Waals surface area contributed by atoms with Gasteiger partial charge in [0, 0.05) is 18.3 Å². The molecule has 1 heterocycles. The molecule has 1 saturated heterocycles. The van der Waals surface area contributed by atoms with Gasteiger partial charge in [-0.15, -0.1) is 0 Å². The number of carbonyl (C=O) groups is 2. The van der Waals surface area contributed by atoms with Gasteiger partial charge in [0.25, 0.3) is 0 Å². The molecule has 1 fully saturated rings. The van der Waals surface area contributed by atoms with Gasteiger partial charge in [0.2, 0.25) is 0 Å². The molecule has 0 spiro atoms. The number of halogens is 1. The van der Waals surface area contributed by atoms with Gasteiger partial charge in [0.05, 0.1) is 12.7 Å². The monoisotopic (exact) mass is 399 g/mol. The van der Waals surface area contributed by atoms with Crippen molar-refractivity contribution in [3.8, 4) is 0 Å². The highest BCUT2D eigenvalue weighted by atomic mass is 19.1. The minimum atomic E-state index is -0.451. The molecule has 6 nitrogen and oxygen atoms in total. The Morgan fingerprint density at radius 1 is 1.21 bits per heavy atom. The van der Waals surface area contributed by atoms with Gasteiger partial charge in [-0.25, -0.2) is 14.0 Å². The zero-order chi connectivity index (χ0) is 20.6.